The van der Waals surface area contributed by atoms with Crippen LogP contribution in [0.4, 0.5) is 23.2 Å². The summed E-state index contributed by atoms with van der Waals surface area (Å²) in [6, 6.07) is 12.9. The number of hydrogen-bond donors (Lipinski definition) is 2. The van der Waals surface area contributed by atoms with Gasteiger partial charge in [0.05, 0.1) is 23.6 Å². The van der Waals surface area contributed by atoms with Gasteiger partial charge >= 0.3 is 6.18 Å². The Balaban J connectivity index is 1.96. The van der Waals surface area contributed by atoms with Gasteiger partial charge < -0.3 is 5.73 Å². The maximum absolute atomic E-state index is 14.5. The number of alkyl halides is 3. The fourth-order valence-electron chi connectivity index (χ4n) is 4.03. The molecule has 1 aromatic heterocycles. The zero-order valence-corrected chi connectivity index (χ0v) is 22.2. The number of nitrogens with zero attached hydrogens (tertiary/aromatic N) is 1. The molecule has 0 saturated carbocycles. The summed E-state index contributed by atoms with van der Waals surface area (Å²) >= 11 is 0. The number of benzene rings is 2. The molecule has 0 aliphatic heterocycles. The number of aryl methyl sites for hydroxylation is 1. The van der Waals surface area contributed by atoms with Crippen molar-refractivity contribution in [3.63, 3.8) is 0 Å². The summed E-state index contributed by atoms with van der Waals surface area (Å²) in [5, 5.41) is 0. The monoisotopic (exact) mass is 551 g/mol. The van der Waals surface area contributed by atoms with Gasteiger partial charge in [0.25, 0.3) is 0 Å². The van der Waals surface area contributed by atoms with Gasteiger partial charge in [-0.3, -0.25) is 9.52 Å². The fraction of sp³-hybridized carbons (Fsp3) is 0.333. The summed E-state index contributed by atoms with van der Waals surface area (Å²) < 4.78 is 79.7. The van der Waals surface area contributed by atoms with Gasteiger partial charge in [0.15, 0.2) is 0 Å². The van der Waals surface area contributed by atoms with Crippen LogP contribution in [0.3, 0.4) is 0 Å². The molecule has 0 aliphatic carbocycles. The Hall–Kier alpha value is -3.47. The number of hydrogen-bond acceptors (Lipinski definition) is 4. The summed E-state index contributed by atoms with van der Waals surface area (Å²) in [6.45, 7) is 6.06. The fourth-order valence-corrected chi connectivity index (χ4v) is 4.59. The minimum atomic E-state index is -4.65. The van der Waals surface area contributed by atoms with E-state index in [9.17, 15) is 30.8 Å². The van der Waals surface area contributed by atoms with Crippen molar-refractivity contribution >= 4 is 21.6 Å². The molecule has 0 saturated heterocycles. The second-order valence-electron chi connectivity index (χ2n) is 10.1. The normalized spacial score (nSPS) is 13.3. The summed E-state index contributed by atoms with van der Waals surface area (Å²) in [7, 11) is -3.72. The highest BCUT2D eigenvalue weighted by Crippen LogP contribution is 2.34. The van der Waals surface area contributed by atoms with Crippen molar-refractivity contribution in [3.8, 4) is 11.3 Å². The summed E-state index contributed by atoms with van der Waals surface area (Å²) in [5.41, 5.74) is 6.38. The molecule has 2 aromatic carbocycles. The number of anilines is 1. The van der Waals surface area contributed by atoms with Gasteiger partial charge in [-0.15, -0.1) is 0 Å². The minimum absolute atomic E-state index is 0.0632. The number of carbonyl (C=O) groups excluding carboxylic acids is 1. The number of aromatic nitrogens is 1. The maximum Gasteiger partial charge on any atom is 0.433 e. The van der Waals surface area contributed by atoms with Gasteiger partial charge in [-0.05, 0) is 53.1 Å². The van der Waals surface area contributed by atoms with Gasteiger partial charge in [0.1, 0.15) is 11.5 Å². The van der Waals surface area contributed by atoms with Crippen LogP contribution in [-0.4, -0.2) is 25.6 Å². The zero-order chi connectivity index (χ0) is 28.5. The summed E-state index contributed by atoms with van der Waals surface area (Å²) in [5.74, 6) is -2.63. The molecule has 3 rings (SSSR count). The van der Waals surface area contributed by atoms with Crippen LogP contribution in [0.5, 0.6) is 0 Å². The van der Waals surface area contributed by atoms with Gasteiger partial charge in [-0.1, -0.05) is 57.2 Å². The third-order valence-electron chi connectivity index (χ3n) is 6.03. The minimum Gasteiger partial charge on any atom is -0.369 e. The Morgan fingerprint density at radius 2 is 1.66 bits per heavy atom. The van der Waals surface area contributed by atoms with E-state index in [0.29, 0.717) is 11.1 Å². The SMILES string of the molecule is CC(C)(C)c1ccc(-c2nc(C(F)(F)F)ccc2CCC(C(N)=O)c2ccc(NS(C)(=O)=O)c(F)c2)cc1. The molecule has 1 unspecified atom stereocenters. The van der Waals surface area contributed by atoms with E-state index in [1.165, 1.54) is 18.2 Å². The lowest BCUT2D eigenvalue weighted by Gasteiger charge is -2.20. The van der Waals surface area contributed by atoms with E-state index >= 15 is 0 Å². The van der Waals surface area contributed by atoms with Crippen LogP contribution in [0.1, 0.15) is 55.5 Å². The molecular weight excluding hydrogens is 522 g/mol. The molecular formula is C27H29F4N3O3S. The number of carbonyl (C=O) groups is 1. The van der Waals surface area contributed by atoms with E-state index in [2.05, 4.69) is 4.98 Å². The second-order valence-corrected chi connectivity index (χ2v) is 11.9. The highest BCUT2D eigenvalue weighted by molar-refractivity contribution is 7.92. The number of rotatable bonds is 8. The zero-order valence-electron chi connectivity index (χ0n) is 21.4. The highest BCUT2D eigenvalue weighted by atomic mass is 32.2. The average Bonchev–Trinajstić information content (AvgIpc) is 2.79. The van der Waals surface area contributed by atoms with Crippen molar-refractivity contribution in [2.24, 2.45) is 5.73 Å². The average molecular weight is 552 g/mol. The Bertz CT molecular complexity index is 1430. The summed E-state index contributed by atoms with van der Waals surface area (Å²) in [4.78, 5) is 16.1. The Kier molecular flexibility index (Phi) is 8.21. The van der Waals surface area contributed by atoms with Crippen molar-refractivity contribution in [2.45, 2.75) is 51.1 Å². The van der Waals surface area contributed by atoms with Crippen molar-refractivity contribution < 1.29 is 30.8 Å². The lowest BCUT2D eigenvalue weighted by atomic mass is 9.86. The second kappa shape index (κ2) is 10.7. The van der Waals surface area contributed by atoms with E-state index in [1.807, 2.05) is 37.6 Å². The Labute approximate surface area is 219 Å². The molecule has 204 valence electrons. The first-order chi connectivity index (χ1) is 17.5. The van der Waals surface area contributed by atoms with Gasteiger partial charge in [-0.2, -0.15) is 13.2 Å². The molecule has 0 fully saturated rings. The van der Waals surface area contributed by atoms with Crippen LogP contribution in [0, 0.1) is 5.82 Å². The van der Waals surface area contributed by atoms with E-state index in [-0.39, 0.29) is 35.2 Å². The molecule has 0 spiro atoms. The molecule has 0 radical (unpaired) electrons. The van der Waals surface area contributed by atoms with Crippen molar-refractivity contribution in [1.29, 1.82) is 0 Å². The molecule has 11 heteroatoms. The molecule has 38 heavy (non-hydrogen) atoms. The Morgan fingerprint density at radius 1 is 1.03 bits per heavy atom. The van der Waals surface area contributed by atoms with Crippen LogP contribution in [0.25, 0.3) is 11.3 Å². The number of amides is 1. The third-order valence-corrected chi connectivity index (χ3v) is 6.62. The number of halogens is 4. The predicted octanol–water partition coefficient (Wildman–Crippen LogP) is 5.78. The smallest absolute Gasteiger partial charge is 0.369 e. The molecule has 1 atom stereocenters. The van der Waals surface area contributed by atoms with E-state index in [1.54, 1.807) is 12.1 Å². The largest absolute Gasteiger partial charge is 0.433 e. The first-order valence-electron chi connectivity index (χ1n) is 11.7. The molecule has 1 heterocycles. The third kappa shape index (κ3) is 7.31. The molecule has 3 aromatic rings. The van der Waals surface area contributed by atoms with Crippen molar-refractivity contribution in [1.82, 2.24) is 4.98 Å². The molecule has 0 aliphatic rings. The predicted molar refractivity (Wildman–Crippen MR) is 138 cm³/mol. The van der Waals surface area contributed by atoms with Crippen LogP contribution in [-0.2, 0) is 32.8 Å². The van der Waals surface area contributed by atoms with Crippen LogP contribution in [0.2, 0.25) is 0 Å². The lowest BCUT2D eigenvalue weighted by molar-refractivity contribution is -0.141. The topological polar surface area (TPSA) is 102 Å². The number of sulfonamides is 1. The Morgan fingerprint density at radius 3 is 2.16 bits per heavy atom. The number of pyridine rings is 1. The van der Waals surface area contributed by atoms with E-state index in [0.717, 1.165) is 24.0 Å². The van der Waals surface area contributed by atoms with Gasteiger partial charge in [-0.25, -0.2) is 17.8 Å². The standard InChI is InChI=1S/C27H29F4N3O3S/c1-26(2,3)19-10-5-16(6-11-19)24-17(9-14-23(33-24)27(29,30)31)7-12-20(25(32)35)18-8-13-22(21(28)15-18)34-38(4,36)37/h5-6,8-11,13-15,20,34H,7,12H2,1-4H3,(H2,32,35). The molecule has 3 N–H and O–H groups in total. The molecule has 6 nitrogen and oxygen atoms in total. The van der Waals surface area contributed by atoms with Crippen LogP contribution >= 0.6 is 0 Å². The van der Waals surface area contributed by atoms with Crippen LogP contribution < -0.4 is 10.5 Å². The van der Waals surface area contributed by atoms with Crippen molar-refractivity contribution in [3.05, 3.63) is 82.8 Å². The maximum atomic E-state index is 14.5. The van der Waals surface area contributed by atoms with Gasteiger partial charge in [0, 0.05) is 5.56 Å². The molecule has 1 amide bonds. The quantitative estimate of drug-likeness (QED) is 0.347. The number of nitrogens with two attached hydrogens (primary N) is 1. The van der Waals surface area contributed by atoms with E-state index in [4.69, 9.17) is 5.73 Å². The lowest BCUT2D eigenvalue weighted by Crippen LogP contribution is -2.22. The number of primary amides is 1. The van der Waals surface area contributed by atoms with Gasteiger partial charge in [0.2, 0.25) is 15.9 Å². The first-order valence-corrected chi connectivity index (χ1v) is 13.6. The number of nitrogens with one attached hydrogen (secondary N) is 1. The van der Waals surface area contributed by atoms with Crippen molar-refractivity contribution in [2.75, 3.05) is 11.0 Å². The summed E-state index contributed by atoms with van der Waals surface area (Å²) in [6.07, 6.45) is -3.58. The van der Waals surface area contributed by atoms with E-state index < -0.39 is 39.5 Å². The highest BCUT2D eigenvalue weighted by Gasteiger charge is 2.33. The van der Waals surface area contributed by atoms with Crippen LogP contribution in [0.15, 0.2) is 54.6 Å². The first kappa shape index (κ1) is 29.1. The molecule has 0 bridgehead atoms.